The maximum absolute atomic E-state index is 13.0. The second-order valence-corrected chi connectivity index (χ2v) is 9.52. The van der Waals surface area contributed by atoms with Crippen LogP contribution in [0.1, 0.15) is 68.8 Å². The van der Waals surface area contributed by atoms with Crippen LogP contribution >= 0.6 is 0 Å². The van der Waals surface area contributed by atoms with Crippen LogP contribution in [-0.4, -0.2) is 59.6 Å². The van der Waals surface area contributed by atoms with E-state index < -0.39 is 5.60 Å². The monoisotopic (exact) mass is 399 g/mol. The number of piperazine rings is 1. The molecule has 0 spiro atoms. The maximum atomic E-state index is 13.0. The molecule has 29 heavy (non-hydrogen) atoms. The van der Waals surface area contributed by atoms with E-state index in [9.17, 15) is 9.59 Å². The summed E-state index contributed by atoms with van der Waals surface area (Å²) in [5.74, 6) is 0.196. The summed E-state index contributed by atoms with van der Waals surface area (Å²) in [7, 11) is 0. The van der Waals surface area contributed by atoms with Crippen molar-refractivity contribution in [2.45, 2.75) is 71.1 Å². The van der Waals surface area contributed by atoms with Gasteiger partial charge in [0.15, 0.2) is 0 Å². The topological polar surface area (TPSA) is 53.1 Å². The van der Waals surface area contributed by atoms with Gasteiger partial charge in [-0.1, -0.05) is 25.3 Å². The van der Waals surface area contributed by atoms with Gasteiger partial charge in [-0.3, -0.25) is 4.79 Å². The standard InChI is InChI=1S/C23H33N3O3/c1-23(2,3)29-22(28)25-13-11-24(12-14-25)19-10-9-17-16-26(21(27)20(17)15-19)18-7-5-4-6-8-18/h9-10,15,18H,4-8,11-14,16H2,1-3H3. The molecule has 158 valence electrons. The lowest BCUT2D eigenvalue weighted by Gasteiger charge is -2.36. The van der Waals surface area contributed by atoms with Crippen molar-refractivity contribution in [1.82, 2.24) is 9.80 Å². The molecule has 2 aliphatic heterocycles. The summed E-state index contributed by atoms with van der Waals surface area (Å²) in [6, 6.07) is 6.71. The fraction of sp³-hybridized carbons (Fsp3) is 0.652. The number of fused-ring (bicyclic) bond motifs is 1. The summed E-state index contributed by atoms with van der Waals surface area (Å²) in [6.07, 6.45) is 5.80. The number of carbonyl (C=O) groups excluding carboxylic acids is 2. The van der Waals surface area contributed by atoms with Crippen molar-refractivity contribution in [1.29, 1.82) is 0 Å². The Morgan fingerprint density at radius 1 is 1.03 bits per heavy atom. The van der Waals surface area contributed by atoms with Crippen LogP contribution in [0.25, 0.3) is 0 Å². The van der Waals surface area contributed by atoms with Gasteiger partial charge in [-0.2, -0.15) is 0 Å². The van der Waals surface area contributed by atoms with Crippen molar-refractivity contribution in [2.75, 3.05) is 31.1 Å². The van der Waals surface area contributed by atoms with E-state index in [1.165, 1.54) is 19.3 Å². The molecule has 4 rings (SSSR count). The molecule has 0 unspecified atom stereocenters. The lowest BCUT2D eigenvalue weighted by atomic mass is 9.94. The van der Waals surface area contributed by atoms with Gasteiger partial charge in [0.2, 0.25) is 0 Å². The average Bonchev–Trinajstić information content (AvgIpc) is 3.03. The number of carbonyl (C=O) groups is 2. The molecular weight excluding hydrogens is 366 g/mol. The Bertz CT molecular complexity index is 772. The minimum Gasteiger partial charge on any atom is -0.444 e. The van der Waals surface area contributed by atoms with Crippen molar-refractivity contribution in [3.8, 4) is 0 Å². The molecule has 1 saturated heterocycles. The Balaban J connectivity index is 1.39. The molecule has 2 fully saturated rings. The Kier molecular flexibility index (Phi) is 5.45. The average molecular weight is 400 g/mol. The molecule has 0 radical (unpaired) electrons. The van der Waals surface area contributed by atoms with E-state index in [1.807, 2.05) is 20.8 Å². The zero-order valence-electron chi connectivity index (χ0n) is 17.9. The number of benzene rings is 1. The lowest BCUT2D eigenvalue weighted by Crippen LogP contribution is -2.50. The van der Waals surface area contributed by atoms with Gasteiger partial charge in [0, 0.05) is 50.0 Å². The second kappa shape index (κ2) is 7.88. The molecule has 3 aliphatic rings. The zero-order chi connectivity index (χ0) is 20.6. The largest absolute Gasteiger partial charge is 0.444 e. The van der Waals surface area contributed by atoms with Crippen molar-refractivity contribution in [3.05, 3.63) is 29.3 Å². The highest BCUT2D eigenvalue weighted by molar-refractivity contribution is 5.99. The smallest absolute Gasteiger partial charge is 0.410 e. The molecule has 0 atom stereocenters. The lowest BCUT2D eigenvalue weighted by molar-refractivity contribution is 0.0240. The molecule has 1 saturated carbocycles. The molecule has 1 aromatic rings. The summed E-state index contributed by atoms with van der Waals surface area (Å²) in [4.78, 5) is 31.4. The fourth-order valence-electron chi connectivity index (χ4n) is 4.67. The number of hydrogen-bond donors (Lipinski definition) is 0. The third kappa shape index (κ3) is 4.36. The molecule has 2 heterocycles. The van der Waals surface area contributed by atoms with Crippen LogP contribution in [0, 0.1) is 0 Å². The first kappa shape index (κ1) is 20.0. The van der Waals surface area contributed by atoms with Crippen molar-refractivity contribution in [2.24, 2.45) is 0 Å². The van der Waals surface area contributed by atoms with Gasteiger partial charge < -0.3 is 19.4 Å². The molecule has 2 amide bonds. The predicted octanol–water partition coefficient (Wildman–Crippen LogP) is 4.03. The van der Waals surface area contributed by atoms with Gasteiger partial charge in [0.25, 0.3) is 5.91 Å². The highest BCUT2D eigenvalue weighted by Crippen LogP contribution is 2.33. The number of rotatable bonds is 2. The van der Waals surface area contributed by atoms with Gasteiger partial charge in [-0.05, 0) is 51.3 Å². The predicted molar refractivity (Wildman–Crippen MR) is 113 cm³/mol. The van der Waals surface area contributed by atoms with E-state index in [1.54, 1.807) is 4.90 Å². The Morgan fingerprint density at radius 2 is 1.72 bits per heavy atom. The van der Waals surface area contributed by atoms with Crippen LogP contribution in [0.15, 0.2) is 18.2 Å². The highest BCUT2D eigenvalue weighted by Gasteiger charge is 2.34. The molecule has 6 heteroatoms. The Morgan fingerprint density at radius 3 is 2.38 bits per heavy atom. The van der Waals surface area contributed by atoms with E-state index in [-0.39, 0.29) is 12.0 Å². The van der Waals surface area contributed by atoms with E-state index in [4.69, 9.17) is 4.74 Å². The van der Waals surface area contributed by atoms with E-state index in [2.05, 4.69) is 28.0 Å². The molecule has 0 N–H and O–H groups in total. The first-order valence-corrected chi connectivity index (χ1v) is 11.0. The molecule has 1 aromatic carbocycles. The van der Waals surface area contributed by atoms with Crippen LogP contribution in [0.2, 0.25) is 0 Å². The molecule has 1 aliphatic carbocycles. The van der Waals surface area contributed by atoms with Gasteiger partial charge in [-0.15, -0.1) is 0 Å². The third-order valence-corrected chi connectivity index (χ3v) is 6.24. The number of amides is 2. The highest BCUT2D eigenvalue weighted by atomic mass is 16.6. The summed E-state index contributed by atoms with van der Waals surface area (Å²) in [5.41, 5.74) is 2.62. The van der Waals surface area contributed by atoms with Crippen LogP contribution in [-0.2, 0) is 11.3 Å². The van der Waals surface area contributed by atoms with Crippen molar-refractivity contribution >= 4 is 17.7 Å². The Labute approximate surface area is 173 Å². The number of ether oxygens (including phenoxy) is 1. The first-order chi connectivity index (χ1) is 13.8. The molecule has 0 aromatic heterocycles. The molecule has 6 nitrogen and oxygen atoms in total. The maximum Gasteiger partial charge on any atom is 0.410 e. The van der Waals surface area contributed by atoms with Crippen LogP contribution in [0.4, 0.5) is 10.5 Å². The van der Waals surface area contributed by atoms with Crippen LogP contribution < -0.4 is 4.90 Å². The minimum absolute atomic E-state index is 0.196. The fourth-order valence-corrected chi connectivity index (χ4v) is 4.67. The van der Waals surface area contributed by atoms with Gasteiger partial charge in [-0.25, -0.2) is 4.79 Å². The zero-order valence-corrected chi connectivity index (χ0v) is 17.9. The summed E-state index contributed by atoms with van der Waals surface area (Å²) < 4.78 is 5.48. The Hall–Kier alpha value is -2.24. The number of nitrogens with zero attached hydrogens (tertiary/aromatic N) is 3. The second-order valence-electron chi connectivity index (χ2n) is 9.52. The van der Waals surface area contributed by atoms with E-state index in [0.717, 1.165) is 49.3 Å². The third-order valence-electron chi connectivity index (χ3n) is 6.24. The van der Waals surface area contributed by atoms with Crippen LogP contribution in [0.3, 0.4) is 0 Å². The van der Waals surface area contributed by atoms with Crippen LogP contribution in [0.5, 0.6) is 0 Å². The first-order valence-electron chi connectivity index (χ1n) is 11.0. The summed E-state index contributed by atoms with van der Waals surface area (Å²) >= 11 is 0. The van der Waals surface area contributed by atoms with E-state index >= 15 is 0 Å². The van der Waals surface area contributed by atoms with Gasteiger partial charge in [0.05, 0.1) is 0 Å². The van der Waals surface area contributed by atoms with Crippen molar-refractivity contribution < 1.29 is 14.3 Å². The molecular formula is C23H33N3O3. The van der Waals surface area contributed by atoms with Crippen molar-refractivity contribution in [3.63, 3.8) is 0 Å². The van der Waals surface area contributed by atoms with Gasteiger partial charge in [0.1, 0.15) is 5.60 Å². The van der Waals surface area contributed by atoms with Gasteiger partial charge >= 0.3 is 6.09 Å². The summed E-state index contributed by atoms with van der Waals surface area (Å²) in [5, 5.41) is 0. The number of hydrogen-bond acceptors (Lipinski definition) is 4. The minimum atomic E-state index is -0.473. The molecule has 0 bridgehead atoms. The number of anilines is 1. The SMILES string of the molecule is CC(C)(C)OC(=O)N1CCN(c2ccc3c(c2)C(=O)N(C2CCCCC2)C3)CC1. The normalized spacial score (nSPS) is 20.8. The quantitative estimate of drug-likeness (QED) is 0.753. The van der Waals surface area contributed by atoms with E-state index in [0.29, 0.717) is 19.1 Å². The summed E-state index contributed by atoms with van der Waals surface area (Å²) in [6.45, 7) is 9.18.